The summed E-state index contributed by atoms with van der Waals surface area (Å²) < 4.78 is 0. The minimum Gasteiger partial charge on any atom is -0.508 e. The van der Waals surface area contributed by atoms with E-state index in [-0.39, 0.29) is 12.4 Å². The second-order valence-electron chi connectivity index (χ2n) is 2.44. The summed E-state index contributed by atoms with van der Waals surface area (Å²) in [6, 6.07) is 0. The number of aliphatic hydroxyl groups excluding tert-OH is 2. The molecule has 2 N–H and O–H groups in total. The number of hydrogen-bond acceptors (Lipinski definition) is 2. The summed E-state index contributed by atoms with van der Waals surface area (Å²) >= 11 is 0. The zero-order valence-corrected chi connectivity index (χ0v) is 6.80. The van der Waals surface area contributed by atoms with Crippen molar-refractivity contribution in [2.45, 2.75) is 13.3 Å². The van der Waals surface area contributed by atoms with E-state index < -0.39 is 0 Å². The summed E-state index contributed by atoms with van der Waals surface area (Å²) in [6.45, 7) is 8.94. The molecule has 62 valence electrons. The second-order valence-corrected chi connectivity index (χ2v) is 2.44. The maximum absolute atomic E-state index is 9.14. The van der Waals surface area contributed by atoms with Crippen molar-refractivity contribution < 1.29 is 10.2 Å². The molecular formula is C9H14O2. The van der Waals surface area contributed by atoms with Gasteiger partial charge in [0.1, 0.15) is 5.76 Å². The molecule has 0 fully saturated rings. The predicted molar refractivity (Wildman–Crippen MR) is 46.4 cm³/mol. The molecular weight excluding hydrogens is 140 g/mol. The molecule has 2 nitrogen and oxygen atoms in total. The van der Waals surface area contributed by atoms with Gasteiger partial charge in [0.05, 0.1) is 0 Å². The zero-order chi connectivity index (χ0) is 8.85. The Bertz CT molecular complexity index is 190. The van der Waals surface area contributed by atoms with Gasteiger partial charge in [-0.2, -0.15) is 0 Å². The Morgan fingerprint density at radius 2 is 2.00 bits per heavy atom. The SMILES string of the molecule is C=C(/C=C(/O)C(=C)C)CCO. The van der Waals surface area contributed by atoms with Crippen LogP contribution in [0.3, 0.4) is 0 Å². The molecule has 0 amide bonds. The molecule has 0 radical (unpaired) electrons. The fourth-order valence-corrected chi connectivity index (χ4v) is 0.532. The molecule has 0 aliphatic heterocycles. The molecule has 0 aromatic heterocycles. The minimum absolute atomic E-state index is 0.0544. The summed E-state index contributed by atoms with van der Waals surface area (Å²) in [5.74, 6) is 0.128. The molecule has 0 spiro atoms. The zero-order valence-electron chi connectivity index (χ0n) is 6.80. The third-order valence-electron chi connectivity index (χ3n) is 1.21. The highest BCUT2D eigenvalue weighted by atomic mass is 16.3. The minimum atomic E-state index is 0.0544. The molecule has 11 heavy (non-hydrogen) atoms. The summed E-state index contributed by atoms with van der Waals surface area (Å²) in [4.78, 5) is 0. The molecule has 0 saturated heterocycles. The van der Waals surface area contributed by atoms with E-state index in [2.05, 4.69) is 13.2 Å². The van der Waals surface area contributed by atoms with Gasteiger partial charge < -0.3 is 10.2 Å². The van der Waals surface area contributed by atoms with Crippen LogP contribution >= 0.6 is 0 Å². The van der Waals surface area contributed by atoms with E-state index in [0.717, 1.165) is 0 Å². The van der Waals surface area contributed by atoms with Crippen LogP contribution in [0, 0.1) is 0 Å². The Hall–Kier alpha value is -1.02. The standard InChI is InChI=1S/C9H14O2/c1-7(2)9(11)6-8(3)4-5-10/h6,10-11H,1,3-5H2,2H3/b9-6+. The van der Waals surface area contributed by atoms with Gasteiger partial charge in [0.25, 0.3) is 0 Å². The molecule has 0 unspecified atom stereocenters. The Balaban J connectivity index is 4.08. The van der Waals surface area contributed by atoms with Crippen molar-refractivity contribution in [3.8, 4) is 0 Å². The molecule has 2 heteroatoms. The van der Waals surface area contributed by atoms with Crippen LogP contribution in [-0.2, 0) is 0 Å². The molecule has 0 heterocycles. The van der Waals surface area contributed by atoms with Crippen LogP contribution in [0.4, 0.5) is 0 Å². The largest absolute Gasteiger partial charge is 0.508 e. The van der Waals surface area contributed by atoms with E-state index in [0.29, 0.717) is 17.6 Å². The van der Waals surface area contributed by atoms with Gasteiger partial charge in [-0.05, 0) is 30.6 Å². The van der Waals surface area contributed by atoms with Crippen molar-refractivity contribution in [3.05, 3.63) is 36.1 Å². The number of hydrogen-bond donors (Lipinski definition) is 2. The van der Waals surface area contributed by atoms with Crippen LogP contribution in [0.25, 0.3) is 0 Å². The van der Waals surface area contributed by atoms with Gasteiger partial charge in [-0.15, -0.1) is 0 Å². The van der Waals surface area contributed by atoms with Gasteiger partial charge in [0.2, 0.25) is 0 Å². The fourth-order valence-electron chi connectivity index (χ4n) is 0.532. The van der Waals surface area contributed by atoms with Gasteiger partial charge >= 0.3 is 0 Å². The summed E-state index contributed by atoms with van der Waals surface area (Å²) in [6.07, 6.45) is 2.00. The molecule has 0 aromatic rings. The maximum atomic E-state index is 9.14. The number of allylic oxidation sites excluding steroid dienone is 2. The average Bonchev–Trinajstić information content (AvgIpc) is 1.87. The molecule has 0 aliphatic rings. The molecule has 0 atom stereocenters. The van der Waals surface area contributed by atoms with Gasteiger partial charge in [-0.25, -0.2) is 0 Å². The lowest BCUT2D eigenvalue weighted by Gasteiger charge is -1.99. The first kappa shape index (κ1) is 9.98. The number of aliphatic hydroxyl groups is 2. The van der Waals surface area contributed by atoms with E-state index in [9.17, 15) is 0 Å². The quantitative estimate of drug-likeness (QED) is 0.480. The molecule has 0 aliphatic carbocycles. The lowest BCUT2D eigenvalue weighted by Crippen LogP contribution is -1.87. The van der Waals surface area contributed by atoms with Crippen molar-refractivity contribution in [2.24, 2.45) is 0 Å². The van der Waals surface area contributed by atoms with Crippen LogP contribution < -0.4 is 0 Å². The van der Waals surface area contributed by atoms with Gasteiger partial charge in [-0.3, -0.25) is 0 Å². The van der Waals surface area contributed by atoms with Crippen molar-refractivity contribution in [3.63, 3.8) is 0 Å². The van der Waals surface area contributed by atoms with E-state index in [1.807, 2.05) is 0 Å². The summed E-state index contributed by atoms with van der Waals surface area (Å²) in [5, 5.41) is 17.6. The Labute approximate surface area is 67.2 Å². The van der Waals surface area contributed by atoms with Gasteiger partial charge in [0, 0.05) is 6.61 Å². The van der Waals surface area contributed by atoms with Crippen molar-refractivity contribution in [1.29, 1.82) is 0 Å². The first-order valence-electron chi connectivity index (χ1n) is 3.43. The highest BCUT2D eigenvalue weighted by Crippen LogP contribution is 2.07. The third-order valence-corrected chi connectivity index (χ3v) is 1.21. The van der Waals surface area contributed by atoms with Crippen LogP contribution in [0.5, 0.6) is 0 Å². The van der Waals surface area contributed by atoms with E-state index in [4.69, 9.17) is 10.2 Å². The maximum Gasteiger partial charge on any atom is 0.118 e. The van der Waals surface area contributed by atoms with Crippen LogP contribution in [-0.4, -0.2) is 16.8 Å². The van der Waals surface area contributed by atoms with Crippen molar-refractivity contribution in [1.82, 2.24) is 0 Å². The van der Waals surface area contributed by atoms with Crippen LogP contribution in [0.15, 0.2) is 36.1 Å². The summed E-state index contributed by atoms with van der Waals surface area (Å²) in [7, 11) is 0. The number of rotatable bonds is 4. The summed E-state index contributed by atoms with van der Waals surface area (Å²) in [5.41, 5.74) is 1.30. The average molecular weight is 154 g/mol. The topological polar surface area (TPSA) is 40.5 Å². The fraction of sp³-hybridized carbons (Fsp3) is 0.333. The van der Waals surface area contributed by atoms with E-state index in [1.54, 1.807) is 6.92 Å². The lowest BCUT2D eigenvalue weighted by molar-refractivity contribution is 0.300. The van der Waals surface area contributed by atoms with Gasteiger partial charge in [0.15, 0.2) is 0 Å². The normalized spacial score (nSPS) is 11.3. The predicted octanol–water partition coefficient (Wildman–Crippen LogP) is 1.94. The Morgan fingerprint density at radius 3 is 2.36 bits per heavy atom. The smallest absolute Gasteiger partial charge is 0.118 e. The third kappa shape index (κ3) is 4.39. The van der Waals surface area contributed by atoms with Gasteiger partial charge in [-0.1, -0.05) is 13.2 Å². The van der Waals surface area contributed by atoms with Crippen molar-refractivity contribution in [2.75, 3.05) is 6.61 Å². The van der Waals surface area contributed by atoms with Crippen LogP contribution in [0.1, 0.15) is 13.3 Å². The first-order chi connectivity index (χ1) is 5.07. The molecule has 0 aromatic carbocycles. The second kappa shape index (κ2) is 4.74. The van der Waals surface area contributed by atoms with Crippen LogP contribution in [0.2, 0.25) is 0 Å². The molecule has 0 bridgehead atoms. The van der Waals surface area contributed by atoms with E-state index >= 15 is 0 Å². The Morgan fingerprint density at radius 1 is 1.45 bits per heavy atom. The van der Waals surface area contributed by atoms with Crippen molar-refractivity contribution >= 4 is 0 Å². The molecule has 0 saturated carbocycles. The Kier molecular flexibility index (Phi) is 4.30. The highest BCUT2D eigenvalue weighted by Gasteiger charge is 1.94. The monoisotopic (exact) mass is 154 g/mol. The van der Waals surface area contributed by atoms with E-state index in [1.165, 1.54) is 6.08 Å². The highest BCUT2D eigenvalue weighted by molar-refractivity contribution is 5.27. The molecule has 0 rings (SSSR count). The lowest BCUT2D eigenvalue weighted by atomic mass is 10.1. The first-order valence-corrected chi connectivity index (χ1v) is 3.43.